The van der Waals surface area contributed by atoms with Gasteiger partial charge < -0.3 is 15.5 Å². The smallest absolute Gasteiger partial charge is 0.244 e. The van der Waals surface area contributed by atoms with Crippen molar-refractivity contribution in [3.8, 4) is 11.3 Å². The molecule has 8 heteroatoms. The molecule has 1 fully saturated rings. The zero-order chi connectivity index (χ0) is 22.2. The fourth-order valence-electron chi connectivity index (χ4n) is 4.46. The number of aryl methyl sites for hydroxylation is 1. The number of nitrogens with zero attached hydrogens (tertiary/aromatic N) is 5. The average Bonchev–Trinajstić information content (AvgIpc) is 3.54. The number of hydrogen-bond donors (Lipinski definition) is 2. The minimum absolute atomic E-state index is 0.0433. The van der Waals surface area contributed by atoms with E-state index >= 15 is 0 Å². The maximum Gasteiger partial charge on any atom is 0.244 e. The molecule has 2 aliphatic heterocycles. The topological polar surface area (TPSA) is 88.0 Å². The van der Waals surface area contributed by atoms with Crippen LogP contribution in [-0.4, -0.2) is 44.8 Å². The number of aromatic nitrogens is 4. The van der Waals surface area contributed by atoms with Crippen LogP contribution in [0.3, 0.4) is 0 Å². The molecule has 166 valence electrons. The summed E-state index contributed by atoms with van der Waals surface area (Å²) < 4.78 is 1.93. The molecule has 0 spiro atoms. The standard InChI is InChI=1S/C24H29N7O/c1-15(2)31-14-18(13-27-31)22-16(3)12-26-24(29-22)28-19-6-7-21-17(11-19)8-10-30(21)23(32)20-5-4-9-25-20/h6-7,11-15,20,25H,4-5,8-10H2,1-3H3,(H,26,28,29)/t20-/m1/s1. The van der Waals surface area contributed by atoms with Crippen molar-refractivity contribution in [3.05, 3.63) is 47.9 Å². The molecule has 2 aromatic heterocycles. The fourth-order valence-corrected chi connectivity index (χ4v) is 4.46. The zero-order valence-electron chi connectivity index (χ0n) is 18.8. The number of amides is 1. The van der Waals surface area contributed by atoms with Crippen molar-refractivity contribution in [1.82, 2.24) is 25.1 Å². The van der Waals surface area contributed by atoms with Gasteiger partial charge in [0, 0.05) is 41.9 Å². The molecule has 1 amide bonds. The van der Waals surface area contributed by atoms with Gasteiger partial charge in [-0.15, -0.1) is 0 Å². The van der Waals surface area contributed by atoms with Gasteiger partial charge in [-0.25, -0.2) is 9.97 Å². The summed E-state index contributed by atoms with van der Waals surface area (Å²) in [6, 6.07) is 6.37. The molecule has 0 aliphatic carbocycles. The van der Waals surface area contributed by atoms with Gasteiger partial charge in [0.2, 0.25) is 11.9 Å². The van der Waals surface area contributed by atoms with Crippen molar-refractivity contribution in [2.75, 3.05) is 23.3 Å². The molecule has 5 rings (SSSR count). The highest BCUT2D eigenvalue weighted by molar-refractivity contribution is 5.99. The van der Waals surface area contributed by atoms with Gasteiger partial charge in [0.25, 0.3) is 0 Å². The lowest BCUT2D eigenvalue weighted by molar-refractivity contribution is -0.120. The predicted octanol–water partition coefficient (Wildman–Crippen LogP) is 3.61. The number of rotatable bonds is 5. The van der Waals surface area contributed by atoms with E-state index in [0.717, 1.165) is 60.5 Å². The van der Waals surface area contributed by atoms with Gasteiger partial charge in [-0.2, -0.15) is 5.10 Å². The predicted molar refractivity (Wildman–Crippen MR) is 125 cm³/mol. The Morgan fingerprint density at radius 2 is 2.16 bits per heavy atom. The highest BCUT2D eigenvalue weighted by Gasteiger charge is 2.31. The van der Waals surface area contributed by atoms with Crippen molar-refractivity contribution in [1.29, 1.82) is 0 Å². The van der Waals surface area contributed by atoms with Gasteiger partial charge in [0.15, 0.2) is 0 Å². The molecular weight excluding hydrogens is 402 g/mol. The van der Waals surface area contributed by atoms with Crippen LogP contribution in [0.25, 0.3) is 11.3 Å². The molecular formula is C24H29N7O. The molecule has 32 heavy (non-hydrogen) atoms. The number of carbonyl (C=O) groups is 1. The number of carbonyl (C=O) groups excluding carboxylic acids is 1. The Kier molecular flexibility index (Phi) is 5.38. The van der Waals surface area contributed by atoms with Crippen LogP contribution >= 0.6 is 0 Å². The summed E-state index contributed by atoms with van der Waals surface area (Å²) in [5.41, 5.74) is 5.96. The van der Waals surface area contributed by atoms with E-state index in [0.29, 0.717) is 12.0 Å². The third-order valence-corrected chi connectivity index (χ3v) is 6.23. The lowest BCUT2D eigenvalue weighted by atomic mass is 10.1. The maximum absolute atomic E-state index is 12.9. The SMILES string of the molecule is Cc1cnc(Nc2ccc3c(c2)CCN3C(=O)[C@H]2CCCN2)nc1-c1cnn(C(C)C)c1. The van der Waals surface area contributed by atoms with E-state index in [4.69, 9.17) is 4.98 Å². The van der Waals surface area contributed by atoms with E-state index in [2.05, 4.69) is 40.6 Å². The summed E-state index contributed by atoms with van der Waals surface area (Å²) in [4.78, 5) is 24.0. The van der Waals surface area contributed by atoms with Crippen LogP contribution in [-0.2, 0) is 11.2 Å². The van der Waals surface area contributed by atoms with Gasteiger partial charge in [-0.1, -0.05) is 0 Å². The van der Waals surface area contributed by atoms with E-state index in [1.54, 1.807) is 0 Å². The van der Waals surface area contributed by atoms with E-state index in [9.17, 15) is 4.79 Å². The van der Waals surface area contributed by atoms with E-state index in [-0.39, 0.29) is 11.9 Å². The fraction of sp³-hybridized carbons (Fsp3) is 0.417. The molecule has 1 atom stereocenters. The molecule has 1 saturated heterocycles. The lowest BCUT2D eigenvalue weighted by Crippen LogP contribution is -2.42. The Morgan fingerprint density at radius 3 is 2.91 bits per heavy atom. The van der Waals surface area contributed by atoms with Crippen molar-refractivity contribution in [3.63, 3.8) is 0 Å². The number of benzene rings is 1. The third-order valence-electron chi connectivity index (χ3n) is 6.23. The van der Waals surface area contributed by atoms with Crippen LogP contribution in [0.5, 0.6) is 0 Å². The highest BCUT2D eigenvalue weighted by Crippen LogP contribution is 2.32. The number of fused-ring (bicyclic) bond motifs is 1. The summed E-state index contributed by atoms with van der Waals surface area (Å²) in [5, 5.41) is 11.1. The summed E-state index contributed by atoms with van der Waals surface area (Å²) >= 11 is 0. The van der Waals surface area contributed by atoms with Crippen molar-refractivity contribution in [2.24, 2.45) is 0 Å². The maximum atomic E-state index is 12.9. The second kappa shape index (κ2) is 8.35. The highest BCUT2D eigenvalue weighted by atomic mass is 16.2. The summed E-state index contributed by atoms with van der Waals surface area (Å²) in [5.74, 6) is 0.736. The van der Waals surface area contributed by atoms with Crippen LogP contribution in [0.2, 0.25) is 0 Å². The quantitative estimate of drug-likeness (QED) is 0.642. The Bertz CT molecular complexity index is 1150. The minimum Gasteiger partial charge on any atom is -0.324 e. The van der Waals surface area contributed by atoms with Gasteiger partial charge in [0.05, 0.1) is 17.9 Å². The molecule has 0 unspecified atom stereocenters. The molecule has 0 saturated carbocycles. The molecule has 1 aromatic carbocycles. The summed E-state index contributed by atoms with van der Waals surface area (Å²) in [6.07, 6.45) is 8.55. The van der Waals surface area contributed by atoms with E-state index in [1.165, 1.54) is 5.56 Å². The first-order valence-electron chi connectivity index (χ1n) is 11.3. The minimum atomic E-state index is -0.0433. The molecule has 8 nitrogen and oxygen atoms in total. The molecule has 2 aliphatic rings. The van der Waals surface area contributed by atoms with Crippen LogP contribution in [0.4, 0.5) is 17.3 Å². The molecule has 4 heterocycles. The number of hydrogen-bond acceptors (Lipinski definition) is 6. The Balaban J connectivity index is 1.35. The number of anilines is 3. The molecule has 0 bridgehead atoms. The monoisotopic (exact) mass is 431 g/mol. The van der Waals surface area contributed by atoms with Crippen LogP contribution in [0.15, 0.2) is 36.8 Å². The van der Waals surface area contributed by atoms with Gasteiger partial charge in [-0.05, 0) is 75.9 Å². The van der Waals surface area contributed by atoms with Crippen molar-refractivity contribution < 1.29 is 4.79 Å². The van der Waals surface area contributed by atoms with Gasteiger partial charge in [0.1, 0.15) is 0 Å². The third kappa shape index (κ3) is 3.86. The molecule has 0 radical (unpaired) electrons. The molecule has 3 aromatic rings. The van der Waals surface area contributed by atoms with Crippen molar-refractivity contribution >= 4 is 23.2 Å². The Hall–Kier alpha value is -3.26. The van der Waals surface area contributed by atoms with Gasteiger partial charge in [-0.3, -0.25) is 9.48 Å². The van der Waals surface area contributed by atoms with Crippen molar-refractivity contribution in [2.45, 2.75) is 52.1 Å². The van der Waals surface area contributed by atoms with E-state index in [1.807, 2.05) is 47.2 Å². The normalized spacial score (nSPS) is 17.8. The lowest BCUT2D eigenvalue weighted by Gasteiger charge is -2.21. The first kappa shape index (κ1) is 20.6. The zero-order valence-corrected chi connectivity index (χ0v) is 18.8. The Morgan fingerprint density at radius 1 is 1.28 bits per heavy atom. The molecule has 2 N–H and O–H groups in total. The van der Waals surface area contributed by atoms with E-state index < -0.39 is 0 Å². The first-order chi connectivity index (χ1) is 15.5. The van der Waals surface area contributed by atoms with Crippen LogP contribution < -0.4 is 15.5 Å². The second-order valence-electron chi connectivity index (χ2n) is 8.89. The van der Waals surface area contributed by atoms with Gasteiger partial charge >= 0.3 is 0 Å². The number of nitrogens with one attached hydrogen (secondary N) is 2. The first-order valence-corrected chi connectivity index (χ1v) is 11.3. The largest absolute Gasteiger partial charge is 0.324 e. The van der Waals surface area contributed by atoms with Crippen LogP contribution in [0, 0.1) is 6.92 Å². The second-order valence-corrected chi connectivity index (χ2v) is 8.89. The Labute approximate surface area is 188 Å². The summed E-state index contributed by atoms with van der Waals surface area (Å²) in [7, 11) is 0. The average molecular weight is 432 g/mol. The van der Waals surface area contributed by atoms with Crippen LogP contribution in [0.1, 0.15) is 43.9 Å². The summed E-state index contributed by atoms with van der Waals surface area (Å²) in [6.45, 7) is 7.87.